The number of benzene rings is 2. The molecule has 1 N–H and O–H groups in total. The van der Waals surface area contributed by atoms with Gasteiger partial charge in [-0.3, -0.25) is 4.98 Å². The molecular weight excluding hydrogens is 563 g/mol. The van der Waals surface area contributed by atoms with Gasteiger partial charge in [0.1, 0.15) is 11.5 Å². The Bertz CT molecular complexity index is 1370. The molecule has 0 saturated heterocycles. The maximum Gasteiger partial charge on any atom is 0.573 e. The number of amides is 2. The monoisotopic (exact) mass is 578 g/mol. The number of aromatic nitrogens is 1. The highest BCUT2D eigenvalue weighted by Crippen LogP contribution is 2.33. The number of hydrogen-bond donors (Lipinski definition) is 1. The van der Waals surface area contributed by atoms with Gasteiger partial charge in [-0.2, -0.15) is 18.3 Å². The van der Waals surface area contributed by atoms with Gasteiger partial charge in [-0.25, -0.2) is 9.80 Å². The van der Waals surface area contributed by atoms with Crippen LogP contribution in [0.5, 0.6) is 11.5 Å². The summed E-state index contributed by atoms with van der Waals surface area (Å²) in [6.45, 7) is -0.227. The lowest BCUT2D eigenvalue weighted by atomic mass is 9.93. The third kappa shape index (κ3) is 7.33. The Morgan fingerprint density at radius 1 is 0.800 bits per heavy atom. The zero-order valence-electron chi connectivity index (χ0n) is 19.6. The van der Waals surface area contributed by atoms with Crippen LogP contribution in [0.4, 0.5) is 50.0 Å². The fourth-order valence-electron chi connectivity index (χ4n) is 3.66. The van der Waals surface area contributed by atoms with Crippen LogP contribution in [0, 0.1) is 0 Å². The zero-order valence-corrected chi connectivity index (χ0v) is 19.6. The first-order valence-corrected chi connectivity index (χ1v) is 11.0. The van der Waals surface area contributed by atoms with Crippen LogP contribution in [0.1, 0.15) is 22.7 Å². The molecule has 1 unspecified atom stereocenters. The number of carbonyl (C=O) groups is 1. The fraction of sp³-hybridized carbons (Fsp3) is 0.208. The maximum absolute atomic E-state index is 13.0. The van der Waals surface area contributed by atoms with E-state index in [1.165, 1.54) is 12.1 Å². The van der Waals surface area contributed by atoms with Crippen LogP contribution in [0.15, 0.2) is 72.0 Å². The Hall–Kier alpha value is -4.50. The van der Waals surface area contributed by atoms with Gasteiger partial charge in [0.05, 0.1) is 29.4 Å². The number of rotatable bonds is 5. The van der Waals surface area contributed by atoms with Crippen LogP contribution < -0.4 is 14.8 Å². The minimum absolute atomic E-state index is 0.0704. The van der Waals surface area contributed by atoms with E-state index in [-0.39, 0.29) is 29.2 Å². The summed E-state index contributed by atoms with van der Waals surface area (Å²) in [7, 11) is 0. The fourth-order valence-corrected chi connectivity index (χ4v) is 3.66. The molecule has 0 saturated carbocycles. The molecule has 212 valence electrons. The summed E-state index contributed by atoms with van der Waals surface area (Å²) in [6.07, 6.45) is -13.9. The molecule has 40 heavy (non-hydrogen) atoms. The van der Waals surface area contributed by atoms with Gasteiger partial charge in [0.2, 0.25) is 0 Å². The molecule has 16 heteroatoms. The molecule has 2 amide bonds. The van der Waals surface area contributed by atoms with Gasteiger partial charge in [0.15, 0.2) is 0 Å². The lowest BCUT2D eigenvalue weighted by Crippen LogP contribution is -2.30. The first kappa shape index (κ1) is 28.5. The highest BCUT2D eigenvalue weighted by molar-refractivity contribution is 6.07. The number of urea groups is 1. The smallest absolute Gasteiger partial charge is 0.406 e. The lowest BCUT2D eigenvalue weighted by Gasteiger charge is -2.16. The van der Waals surface area contributed by atoms with E-state index in [0.29, 0.717) is 6.20 Å². The largest absolute Gasteiger partial charge is 0.573 e. The predicted octanol–water partition coefficient (Wildman–Crippen LogP) is 6.93. The summed E-state index contributed by atoms with van der Waals surface area (Å²) < 4.78 is 121. The molecule has 0 aliphatic carbocycles. The molecule has 0 spiro atoms. The second kappa shape index (κ2) is 10.6. The van der Waals surface area contributed by atoms with Gasteiger partial charge >= 0.3 is 24.9 Å². The van der Waals surface area contributed by atoms with Crippen molar-refractivity contribution < 1.29 is 53.8 Å². The molecule has 1 aliphatic heterocycles. The van der Waals surface area contributed by atoms with Gasteiger partial charge in [0.25, 0.3) is 0 Å². The predicted molar refractivity (Wildman–Crippen MR) is 120 cm³/mol. The molecule has 3 aromatic rings. The van der Waals surface area contributed by atoms with Crippen LogP contribution in [-0.4, -0.2) is 41.0 Å². The van der Waals surface area contributed by atoms with E-state index >= 15 is 0 Å². The van der Waals surface area contributed by atoms with Gasteiger partial charge in [-0.05, 0) is 66.2 Å². The number of halogens is 9. The molecule has 0 fully saturated rings. The minimum Gasteiger partial charge on any atom is -0.406 e. The molecule has 0 bridgehead atoms. The van der Waals surface area contributed by atoms with Crippen molar-refractivity contribution in [2.45, 2.75) is 24.8 Å². The average molecular weight is 578 g/mol. The van der Waals surface area contributed by atoms with Crippen LogP contribution in [-0.2, 0) is 6.18 Å². The number of pyridine rings is 1. The molecular formula is C24H15F9N4O3. The first-order valence-electron chi connectivity index (χ1n) is 11.0. The molecule has 4 rings (SSSR count). The number of anilines is 1. The van der Waals surface area contributed by atoms with E-state index in [1.54, 1.807) is 0 Å². The third-order valence-corrected chi connectivity index (χ3v) is 5.34. The van der Waals surface area contributed by atoms with Crippen LogP contribution in [0.25, 0.3) is 0 Å². The summed E-state index contributed by atoms with van der Waals surface area (Å²) in [5.74, 6) is -1.95. The molecule has 1 aliphatic rings. The van der Waals surface area contributed by atoms with Crippen molar-refractivity contribution in [1.82, 2.24) is 9.99 Å². The highest BCUT2D eigenvalue weighted by atomic mass is 19.4. The number of hydrogen-bond acceptors (Lipinski definition) is 5. The van der Waals surface area contributed by atoms with E-state index in [0.717, 1.165) is 53.5 Å². The normalized spacial score (nSPS) is 16.0. The lowest BCUT2D eigenvalue weighted by molar-refractivity contribution is -0.275. The van der Waals surface area contributed by atoms with Crippen molar-refractivity contribution in [2.24, 2.45) is 5.10 Å². The van der Waals surface area contributed by atoms with Crippen molar-refractivity contribution in [3.63, 3.8) is 0 Å². The summed E-state index contributed by atoms with van der Waals surface area (Å²) >= 11 is 0. The Labute approximate surface area is 218 Å². The summed E-state index contributed by atoms with van der Waals surface area (Å²) in [5, 5.41) is 7.51. The zero-order chi connectivity index (χ0) is 29.3. The molecule has 7 nitrogen and oxygen atoms in total. The summed E-state index contributed by atoms with van der Waals surface area (Å²) in [4.78, 5) is 16.7. The molecule has 0 radical (unpaired) electrons. The van der Waals surface area contributed by atoms with Gasteiger partial charge < -0.3 is 14.8 Å². The third-order valence-electron chi connectivity index (χ3n) is 5.34. The van der Waals surface area contributed by atoms with Gasteiger partial charge in [0, 0.05) is 11.9 Å². The van der Waals surface area contributed by atoms with Crippen LogP contribution in [0.2, 0.25) is 0 Å². The second-order valence-corrected chi connectivity index (χ2v) is 8.16. The Kier molecular flexibility index (Phi) is 7.54. The summed E-state index contributed by atoms with van der Waals surface area (Å²) in [5.41, 5.74) is -0.527. The molecule has 2 heterocycles. The van der Waals surface area contributed by atoms with E-state index in [4.69, 9.17) is 0 Å². The minimum atomic E-state index is -4.94. The van der Waals surface area contributed by atoms with Crippen molar-refractivity contribution >= 4 is 17.4 Å². The Morgan fingerprint density at radius 2 is 1.35 bits per heavy atom. The highest BCUT2D eigenvalue weighted by Gasteiger charge is 2.36. The van der Waals surface area contributed by atoms with E-state index < -0.39 is 47.9 Å². The second-order valence-electron chi connectivity index (χ2n) is 8.16. The Morgan fingerprint density at radius 3 is 1.82 bits per heavy atom. The topological polar surface area (TPSA) is 76.0 Å². The van der Waals surface area contributed by atoms with Crippen LogP contribution >= 0.6 is 0 Å². The standard InChI is InChI=1S/C24H15F9N4O3/c25-22(26,27)14-3-10-19(34-11-14)18-12-37(21(38)35-15-4-8-17(9-5-15)40-24(31,32)33)36-20(18)13-1-6-16(7-2-13)39-23(28,29)30/h1-11,18H,12H2,(H,35,38). The van der Waals surface area contributed by atoms with E-state index in [2.05, 4.69) is 24.9 Å². The number of hydrazone groups is 1. The molecule has 2 aromatic carbocycles. The van der Waals surface area contributed by atoms with Crippen molar-refractivity contribution in [1.29, 1.82) is 0 Å². The molecule has 1 aromatic heterocycles. The number of alkyl halides is 9. The molecule has 1 atom stereocenters. The van der Waals surface area contributed by atoms with Gasteiger partial charge in [-0.15, -0.1) is 26.3 Å². The quantitative estimate of drug-likeness (QED) is 0.333. The van der Waals surface area contributed by atoms with E-state index in [1.807, 2.05) is 0 Å². The number of nitrogens with one attached hydrogen (secondary N) is 1. The van der Waals surface area contributed by atoms with Crippen molar-refractivity contribution in [2.75, 3.05) is 11.9 Å². The van der Waals surface area contributed by atoms with Crippen LogP contribution in [0.3, 0.4) is 0 Å². The van der Waals surface area contributed by atoms with Crippen molar-refractivity contribution in [3.8, 4) is 11.5 Å². The average Bonchev–Trinajstić information content (AvgIpc) is 3.29. The van der Waals surface area contributed by atoms with Gasteiger partial charge in [-0.1, -0.05) is 0 Å². The maximum atomic E-state index is 13.0. The number of carbonyl (C=O) groups excluding carboxylic acids is 1. The van der Waals surface area contributed by atoms with Crippen molar-refractivity contribution in [3.05, 3.63) is 83.7 Å². The first-order chi connectivity index (χ1) is 18.6. The number of ether oxygens (including phenoxy) is 2. The SMILES string of the molecule is O=C(Nc1ccc(OC(F)(F)F)cc1)N1CC(c2ccc(C(F)(F)F)cn2)C(c2ccc(OC(F)(F)F)cc2)=N1. The number of nitrogens with zero attached hydrogens (tertiary/aromatic N) is 3. The Balaban J connectivity index is 1.58. The summed E-state index contributed by atoms with van der Waals surface area (Å²) in [6, 6.07) is 9.64. The van der Waals surface area contributed by atoms with E-state index in [9.17, 15) is 44.3 Å².